The zero-order chi connectivity index (χ0) is 13.1. The number of fused-ring (bicyclic) bond motifs is 1. The maximum Gasteiger partial charge on any atom is 0.106 e. The molecule has 1 aromatic carbocycles. The molecule has 0 aliphatic carbocycles. The lowest BCUT2D eigenvalue weighted by molar-refractivity contribution is 0.672. The third-order valence-electron chi connectivity index (χ3n) is 2.97. The van der Waals surface area contributed by atoms with Crippen molar-refractivity contribution in [3.8, 4) is 0 Å². The van der Waals surface area contributed by atoms with Gasteiger partial charge in [0.15, 0.2) is 0 Å². The molecule has 3 N–H and O–H groups in total. The number of nitrogens with two attached hydrogens (primary N) is 1. The topological polar surface area (TPSA) is 68.0 Å². The fraction of sp³-hybridized carbons (Fsp3) is 0.417. The Morgan fingerprint density at radius 1 is 1.56 bits per heavy atom. The molecule has 2 aromatic rings. The van der Waals surface area contributed by atoms with E-state index in [4.69, 9.17) is 5.73 Å². The van der Waals surface area contributed by atoms with E-state index < -0.39 is 10.8 Å². The summed E-state index contributed by atoms with van der Waals surface area (Å²) in [5, 5.41) is 3.48. The van der Waals surface area contributed by atoms with Gasteiger partial charge in [0.25, 0.3) is 0 Å². The minimum atomic E-state index is -0.771. The molecule has 4 nitrogen and oxygen atoms in total. The zero-order valence-corrected chi connectivity index (χ0v) is 12.1. The maximum atomic E-state index is 11.2. The standard InChI is InChI=1S/C12H17N3OS2/c1-8(18(2)16)5-6-14-9-3-4-10-12(11(9)13)15-7-17-10/h3-4,7-8,14H,5-6,13H2,1-2H3. The molecule has 0 saturated heterocycles. The highest BCUT2D eigenvalue weighted by atomic mass is 32.2. The Hall–Kier alpha value is -1.14. The van der Waals surface area contributed by atoms with E-state index in [1.807, 2.05) is 19.1 Å². The molecule has 0 saturated carbocycles. The molecular formula is C12H17N3OS2. The van der Waals surface area contributed by atoms with Crippen LogP contribution in [0.2, 0.25) is 0 Å². The normalized spacial score (nSPS) is 14.6. The number of aromatic nitrogens is 1. The number of nitrogens with zero attached hydrogens (tertiary/aromatic N) is 1. The van der Waals surface area contributed by atoms with Crippen LogP contribution in [0.25, 0.3) is 10.2 Å². The largest absolute Gasteiger partial charge is 0.395 e. The van der Waals surface area contributed by atoms with E-state index >= 15 is 0 Å². The molecule has 2 rings (SSSR count). The number of thiazole rings is 1. The van der Waals surface area contributed by atoms with Gasteiger partial charge in [0.05, 0.1) is 21.6 Å². The van der Waals surface area contributed by atoms with Gasteiger partial charge in [-0.15, -0.1) is 11.3 Å². The molecule has 0 aliphatic rings. The van der Waals surface area contributed by atoms with Crippen LogP contribution in [0, 0.1) is 0 Å². The van der Waals surface area contributed by atoms with Crippen molar-refractivity contribution in [2.45, 2.75) is 18.6 Å². The molecule has 1 aromatic heterocycles. The number of nitrogen functional groups attached to an aromatic ring is 1. The smallest absolute Gasteiger partial charge is 0.106 e. The molecule has 0 radical (unpaired) electrons. The van der Waals surface area contributed by atoms with Crippen LogP contribution in [0.1, 0.15) is 13.3 Å². The van der Waals surface area contributed by atoms with E-state index in [1.165, 1.54) is 0 Å². The molecule has 6 heteroatoms. The van der Waals surface area contributed by atoms with Crippen molar-refractivity contribution in [1.29, 1.82) is 0 Å². The summed E-state index contributed by atoms with van der Waals surface area (Å²) >= 11 is 1.58. The van der Waals surface area contributed by atoms with Crippen LogP contribution in [0.4, 0.5) is 11.4 Å². The Kier molecular flexibility index (Phi) is 4.19. The lowest BCUT2D eigenvalue weighted by atomic mass is 10.2. The Labute approximate surface area is 113 Å². The van der Waals surface area contributed by atoms with E-state index in [0.29, 0.717) is 5.69 Å². The van der Waals surface area contributed by atoms with Crippen LogP contribution in [-0.2, 0) is 10.8 Å². The zero-order valence-electron chi connectivity index (χ0n) is 10.5. The fourth-order valence-electron chi connectivity index (χ4n) is 1.68. The molecular weight excluding hydrogens is 266 g/mol. The van der Waals surface area contributed by atoms with Crippen LogP contribution in [0.3, 0.4) is 0 Å². The first-order valence-corrected chi connectivity index (χ1v) is 8.27. The van der Waals surface area contributed by atoms with Crippen LogP contribution in [0.5, 0.6) is 0 Å². The predicted molar refractivity (Wildman–Crippen MR) is 80.7 cm³/mol. The molecule has 0 fully saturated rings. The number of hydrogen-bond donors (Lipinski definition) is 2. The van der Waals surface area contributed by atoms with Crippen molar-refractivity contribution in [2.75, 3.05) is 23.9 Å². The third-order valence-corrected chi connectivity index (χ3v) is 5.14. The van der Waals surface area contributed by atoms with Gasteiger partial charge in [-0.25, -0.2) is 4.98 Å². The summed E-state index contributed by atoms with van der Waals surface area (Å²) in [7, 11) is -0.771. The van der Waals surface area contributed by atoms with E-state index in [0.717, 1.165) is 28.9 Å². The first-order chi connectivity index (χ1) is 8.59. The van der Waals surface area contributed by atoms with Gasteiger partial charge < -0.3 is 11.1 Å². The summed E-state index contributed by atoms with van der Waals surface area (Å²) in [6.45, 7) is 2.76. The number of nitrogens with one attached hydrogen (secondary N) is 1. The Bertz CT molecular complexity index is 567. The average Bonchev–Trinajstić information content (AvgIpc) is 2.80. The molecule has 18 heavy (non-hydrogen) atoms. The summed E-state index contributed by atoms with van der Waals surface area (Å²) in [5.41, 5.74) is 10.3. The summed E-state index contributed by atoms with van der Waals surface area (Å²) in [4.78, 5) is 4.26. The van der Waals surface area contributed by atoms with Crippen molar-refractivity contribution in [1.82, 2.24) is 4.98 Å². The molecule has 2 atom stereocenters. The number of anilines is 2. The van der Waals surface area contributed by atoms with Gasteiger partial charge in [-0.1, -0.05) is 6.92 Å². The van der Waals surface area contributed by atoms with Crippen molar-refractivity contribution in [2.24, 2.45) is 0 Å². The van der Waals surface area contributed by atoms with Crippen LogP contribution in [0.15, 0.2) is 17.6 Å². The molecule has 0 bridgehead atoms. The van der Waals surface area contributed by atoms with E-state index in [-0.39, 0.29) is 5.25 Å². The third kappa shape index (κ3) is 2.81. The Morgan fingerprint density at radius 2 is 2.33 bits per heavy atom. The van der Waals surface area contributed by atoms with Gasteiger partial charge >= 0.3 is 0 Å². The summed E-state index contributed by atoms with van der Waals surface area (Å²) in [6.07, 6.45) is 2.60. The highest BCUT2D eigenvalue weighted by Gasteiger charge is 2.08. The van der Waals surface area contributed by atoms with Crippen molar-refractivity contribution in [3.05, 3.63) is 17.6 Å². The van der Waals surface area contributed by atoms with Crippen molar-refractivity contribution >= 4 is 43.7 Å². The van der Waals surface area contributed by atoms with E-state index in [9.17, 15) is 4.21 Å². The summed E-state index contributed by atoms with van der Waals surface area (Å²) < 4.78 is 12.3. The van der Waals surface area contributed by atoms with Gasteiger partial charge in [0.2, 0.25) is 0 Å². The highest BCUT2D eigenvalue weighted by molar-refractivity contribution is 7.84. The maximum absolute atomic E-state index is 11.2. The van der Waals surface area contributed by atoms with Crippen LogP contribution in [-0.4, -0.2) is 27.2 Å². The SMILES string of the molecule is CC(CCNc1ccc2scnc2c1N)S(C)=O. The Balaban J connectivity index is 2.03. The van der Waals surface area contributed by atoms with Crippen LogP contribution >= 0.6 is 11.3 Å². The number of hydrogen-bond acceptors (Lipinski definition) is 5. The van der Waals surface area contributed by atoms with Crippen molar-refractivity contribution in [3.63, 3.8) is 0 Å². The van der Waals surface area contributed by atoms with Crippen molar-refractivity contribution < 1.29 is 4.21 Å². The molecule has 2 unspecified atom stereocenters. The predicted octanol–water partition coefficient (Wildman–Crippen LogP) is 2.45. The Morgan fingerprint density at radius 3 is 3.06 bits per heavy atom. The molecule has 1 heterocycles. The van der Waals surface area contributed by atoms with Crippen LogP contribution < -0.4 is 11.1 Å². The fourth-order valence-corrected chi connectivity index (χ4v) is 2.82. The second-order valence-electron chi connectivity index (χ2n) is 4.25. The molecule has 0 amide bonds. The summed E-state index contributed by atoms with van der Waals surface area (Å²) in [5.74, 6) is 0. The number of benzene rings is 1. The minimum Gasteiger partial charge on any atom is -0.395 e. The molecule has 0 aliphatic heterocycles. The van der Waals surface area contributed by atoms with E-state index in [2.05, 4.69) is 10.3 Å². The number of rotatable bonds is 5. The average molecular weight is 283 g/mol. The van der Waals surface area contributed by atoms with E-state index in [1.54, 1.807) is 23.1 Å². The quantitative estimate of drug-likeness (QED) is 0.827. The van der Waals surface area contributed by atoms with Gasteiger partial charge in [0, 0.05) is 28.9 Å². The van der Waals surface area contributed by atoms with Gasteiger partial charge in [0.1, 0.15) is 5.52 Å². The summed E-state index contributed by atoms with van der Waals surface area (Å²) in [6, 6.07) is 4.00. The van der Waals surface area contributed by atoms with Gasteiger partial charge in [-0.2, -0.15) is 0 Å². The lowest BCUT2D eigenvalue weighted by Gasteiger charge is -2.12. The molecule has 0 spiro atoms. The second kappa shape index (κ2) is 5.67. The monoisotopic (exact) mass is 283 g/mol. The first-order valence-electron chi connectivity index (χ1n) is 5.77. The second-order valence-corrected chi connectivity index (χ2v) is 6.94. The minimum absolute atomic E-state index is 0.196. The molecule has 98 valence electrons. The van der Waals surface area contributed by atoms with Gasteiger partial charge in [-0.3, -0.25) is 4.21 Å². The van der Waals surface area contributed by atoms with Gasteiger partial charge in [-0.05, 0) is 18.6 Å². The highest BCUT2D eigenvalue weighted by Crippen LogP contribution is 2.29. The lowest BCUT2D eigenvalue weighted by Crippen LogP contribution is -2.15. The first kappa shape index (κ1) is 13.3.